The van der Waals surface area contributed by atoms with Crippen molar-refractivity contribution < 1.29 is 13.2 Å². The lowest BCUT2D eigenvalue weighted by atomic mass is 9.97. The van der Waals surface area contributed by atoms with Crippen LogP contribution in [0.4, 0.5) is 13.2 Å². The molecule has 0 amide bonds. The van der Waals surface area contributed by atoms with Crippen molar-refractivity contribution in [3.8, 4) is 0 Å². The Bertz CT molecular complexity index is 391. The van der Waals surface area contributed by atoms with Crippen LogP contribution in [0.15, 0.2) is 16.6 Å². The summed E-state index contributed by atoms with van der Waals surface area (Å²) in [6.45, 7) is 0.968. The number of aliphatic imine (C=N–C) groups is 1. The van der Waals surface area contributed by atoms with Gasteiger partial charge < -0.3 is 10.6 Å². The van der Waals surface area contributed by atoms with Crippen molar-refractivity contribution in [1.82, 2.24) is 15.5 Å². The maximum absolute atomic E-state index is 12.2. The highest BCUT2D eigenvalue weighted by Crippen LogP contribution is 2.19. The smallest absolute Gasteiger partial charge is 0.356 e. The van der Waals surface area contributed by atoms with E-state index in [0.717, 1.165) is 13.0 Å². The molecule has 0 atom stereocenters. The van der Waals surface area contributed by atoms with Crippen LogP contribution in [0.2, 0.25) is 0 Å². The van der Waals surface area contributed by atoms with Crippen molar-refractivity contribution in [3.63, 3.8) is 0 Å². The highest BCUT2D eigenvalue weighted by molar-refractivity contribution is 5.79. The Hall–Kier alpha value is -1.24. The third kappa shape index (κ3) is 10.2. The number of nitrogens with zero attached hydrogens (tertiary/aromatic N) is 2. The van der Waals surface area contributed by atoms with E-state index < -0.39 is 12.7 Å². The minimum absolute atomic E-state index is 0.399. The summed E-state index contributed by atoms with van der Waals surface area (Å²) in [5, 5.41) is 6.38. The van der Waals surface area contributed by atoms with Gasteiger partial charge in [-0.25, -0.2) is 0 Å². The Labute approximate surface area is 137 Å². The summed E-state index contributed by atoms with van der Waals surface area (Å²) in [7, 11) is 3.18. The predicted molar refractivity (Wildman–Crippen MR) is 88.7 cm³/mol. The largest absolute Gasteiger partial charge is 0.401 e. The number of rotatable bonds is 8. The second-order valence-corrected chi connectivity index (χ2v) is 5.99. The number of allylic oxidation sites excluding steroid dienone is 1. The van der Waals surface area contributed by atoms with Gasteiger partial charge in [0.15, 0.2) is 5.96 Å². The molecule has 0 aromatic rings. The predicted octanol–water partition coefficient (Wildman–Crippen LogP) is 2.93. The summed E-state index contributed by atoms with van der Waals surface area (Å²) < 4.78 is 36.6. The van der Waals surface area contributed by atoms with E-state index in [1.807, 2.05) is 0 Å². The summed E-state index contributed by atoms with van der Waals surface area (Å²) in [5.41, 5.74) is 1.51. The average Bonchev–Trinajstić information content (AvgIpc) is 2.49. The van der Waals surface area contributed by atoms with Crippen LogP contribution < -0.4 is 10.6 Å². The third-order valence-electron chi connectivity index (χ3n) is 3.81. The molecular weight excluding hydrogens is 305 g/mol. The SMILES string of the molecule is CN=C(NCCCN(C)CC(F)(F)F)NCCC1=CCCCC1. The quantitative estimate of drug-likeness (QED) is 0.310. The van der Waals surface area contributed by atoms with Gasteiger partial charge in [0.2, 0.25) is 0 Å². The van der Waals surface area contributed by atoms with Crippen LogP contribution in [0.5, 0.6) is 0 Å². The fraction of sp³-hybridized carbons (Fsp3) is 0.812. The van der Waals surface area contributed by atoms with Gasteiger partial charge in [-0.15, -0.1) is 0 Å². The minimum Gasteiger partial charge on any atom is -0.356 e. The maximum Gasteiger partial charge on any atom is 0.401 e. The van der Waals surface area contributed by atoms with Crippen molar-refractivity contribution in [3.05, 3.63) is 11.6 Å². The molecule has 0 fully saturated rings. The van der Waals surface area contributed by atoms with Crippen molar-refractivity contribution in [1.29, 1.82) is 0 Å². The molecule has 134 valence electrons. The number of alkyl halides is 3. The van der Waals surface area contributed by atoms with Crippen LogP contribution in [-0.4, -0.2) is 57.3 Å². The molecular formula is C16H29F3N4. The van der Waals surface area contributed by atoms with Crippen LogP contribution >= 0.6 is 0 Å². The highest BCUT2D eigenvalue weighted by atomic mass is 19.4. The summed E-state index contributed by atoms with van der Waals surface area (Å²) in [4.78, 5) is 5.41. The molecule has 4 nitrogen and oxygen atoms in total. The number of hydrogen-bond acceptors (Lipinski definition) is 2. The van der Waals surface area contributed by atoms with E-state index in [9.17, 15) is 13.2 Å². The second kappa shape index (κ2) is 10.5. The molecule has 0 saturated carbocycles. The normalized spacial score (nSPS) is 16.4. The first kappa shape index (κ1) is 19.8. The monoisotopic (exact) mass is 334 g/mol. The molecule has 7 heteroatoms. The fourth-order valence-electron chi connectivity index (χ4n) is 2.63. The molecule has 0 heterocycles. The number of hydrogen-bond donors (Lipinski definition) is 2. The van der Waals surface area contributed by atoms with Gasteiger partial charge in [-0.2, -0.15) is 13.2 Å². The third-order valence-corrected chi connectivity index (χ3v) is 3.81. The van der Waals surface area contributed by atoms with Crippen LogP contribution in [0.1, 0.15) is 38.5 Å². The molecule has 0 unspecified atom stereocenters. The molecule has 23 heavy (non-hydrogen) atoms. The Morgan fingerprint density at radius 2 is 2.00 bits per heavy atom. The average molecular weight is 334 g/mol. The van der Waals surface area contributed by atoms with Crippen molar-refractivity contribution >= 4 is 5.96 Å². The van der Waals surface area contributed by atoms with Gasteiger partial charge in [0.25, 0.3) is 0 Å². The summed E-state index contributed by atoms with van der Waals surface area (Å²) in [6, 6.07) is 0. The molecule has 1 aliphatic rings. The van der Waals surface area contributed by atoms with E-state index >= 15 is 0 Å². The Morgan fingerprint density at radius 1 is 1.26 bits per heavy atom. The standard InChI is InChI=1S/C16H29F3N4/c1-20-15(22-11-9-14-7-4-3-5-8-14)21-10-6-12-23(2)13-16(17,18)19/h7H,3-6,8-13H2,1-2H3,(H2,20,21,22). The zero-order valence-corrected chi connectivity index (χ0v) is 14.2. The van der Waals surface area contributed by atoms with Gasteiger partial charge in [-0.05, 0) is 52.1 Å². The lowest BCUT2D eigenvalue weighted by molar-refractivity contribution is -0.143. The van der Waals surface area contributed by atoms with Gasteiger partial charge in [0, 0.05) is 20.1 Å². The van der Waals surface area contributed by atoms with Gasteiger partial charge in [0.1, 0.15) is 0 Å². The van der Waals surface area contributed by atoms with Gasteiger partial charge in [-0.1, -0.05) is 11.6 Å². The summed E-state index contributed by atoms with van der Waals surface area (Å²) >= 11 is 0. The Morgan fingerprint density at radius 3 is 2.61 bits per heavy atom. The number of halogens is 3. The molecule has 0 aromatic heterocycles. The Balaban J connectivity index is 2.10. The molecule has 0 bridgehead atoms. The first-order valence-electron chi connectivity index (χ1n) is 8.28. The molecule has 0 aliphatic heterocycles. The zero-order chi connectivity index (χ0) is 17.1. The second-order valence-electron chi connectivity index (χ2n) is 5.99. The van der Waals surface area contributed by atoms with Crippen molar-refractivity contribution in [2.75, 3.05) is 40.3 Å². The van der Waals surface area contributed by atoms with Crippen LogP contribution in [0, 0.1) is 0 Å². The molecule has 1 aliphatic carbocycles. The molecule has 0 saturated heterocycles. The first-order chi connectivity index (χ1) is 10.9. The minimum atomic E-state index is -4.13. The zero-order valence-electron chi connectivity index (χ0n) is 14.2. The topological polar surface area (TPSA) is 39.7 Å². The van der Waals surface area contributed by atoms with Gasteiger partial charge in [-0.3, -0.25) is 9.89 Å². The molecule has 0 spiro atoms. The van der Waals surface area contributed by atoms with E-state index in [2.05, 4.69) is 21.7 Å². The van der Waals surface area contributed by atoms with E-state index in [1.54, 1.807) is 7.05 Å². The Kier molecular flexibility index (Phi) is 9.06. The number of nitrogens with one attached hydrogen (secondary N) is 2. The highest BCUT2D eigenvalue weighted by Gasteiger charge is 2.28. The first-order valence-corrected chi connectivity index (χ1v) is 8.28. The van der Waals surface area contributed by atoms with E-state index in [1.165, 1.54) is 43.2 Å². The van der Waals surface area contributed by atoms with Gasteiger partial charge in [0.05, 0.1) is 6.54 Å². The maximum atomic E-state index is 12.2. The van der Waals surface area contributed by atoms with Crippen LogP contribution in [0.25, 0.3) is 0 Å². The number of guanidine groups is 1. The molecule has 0 aromatic carbocycles. The van der Waals surface area contributed by atoms with Crippen molar-refractivity contribution in [2.24, 2.45) is 4.99 Å². The summed E-state index contributed by atoms with van der Waals surface area (Å²) in [6.07, 6.45) is 4.82. The molecule has 2 N–H and O–H groups in total. The summed E-state index contributed by atoms with van der Waals surface area (Å²) in [5.74, 6) is 0.708. The van der Waals surface area contributed by atoms with E-state index in [-0.39, 0.29) is 0 Å². The molecule has 0 radical (unpaired) electrons. The van der Waals surface area contributed by atoms with Crippen molar-refractivity contribution in [2.45, 2.75) is 44.7 Å². The molecule has 1 rings (SSSR count). The van der Waals surface area contributed by atoms with Crippen LogP contribution in [-0.2, 0) is 0 Å². The fourth-order valence-corrected chi connectivity index (χ4v) is 2.63. The van der Waals surface area contributed by atoms with E-state index in [4.69, 9.17) is 0 Å². The van der Waals surface area contributed by atoms with E-state index in [0.29, 0.717) is 25.5 Å². The van der Waals surface area contributed by atoms with Crippen LogP contribution in [0.3, 0.4) is 0 Å². The van der Waals surface area contributed by atoms with Gasteiger partial charge >= 0.3 is 6.18 Å². The lowest BCUT2D eigenvalue weighted by Crippen LogP contribution is -2.39. The lowest BCUT2D eigenvalue weighted by Gasteiger charge is -2.19.